The van der Waals surface area contributed by atoms with E-state index in [4.69, 9.17) is 5.73 Å². The van der Waals surface area contributed by atoms with Crippen LogP contribution in [-0.4, -0.2) is 23.5 Å². The summed E-state index contributed by atoms with van der Waals surface area (Å²) in [5, 5.41) is 4.21. The van der Waals surface area contributed by atoms with Gasteiger partial charge in [0, 0.05) is 35.6 Å². The van der Waals surface area contributed by atoms with Crippen LogP contribution in [0.5, 0.6) is 0 Å². The molecule has 4 N–H and O–H groups in total. The number of H-pyrrole nitrogens is 1. The van der Waals surface area contributed by atoms with E-state index in [0.717, 1.165) is 18.4 Å². The number of carbonyl (C=O) groups is 1. The summed E-state index contributed by atoms with van der Waals surface area (Å²) in [5.74, 6) is -0.0954. The molecule has 0 saturated carbocycles. The monoisotopic (exact) mass is 309 g/mol. The second kappa shape index (κ2) is 8.05. The maximum absolute atomic E-state index is 11.8. The summed E-state index contributed by atoms with van der Waals surface area (Å²) in [7, 11) is 0. The molecule has 1 amide bonds. The van der Waals surface area contributed by atoms with Crippen LogP contribution in [0.2, 0.25) is 0 Å². The first kappa shape index (κ1) is 17.5. The number of aromatic nitrogens is 1. The molecule has 0 saturated heterocycles. The molecule has 0 spiro atoms. The molecule has 0 fully saturated rings. The number of amides is 1. The molecule has 1 heterocycles. The van der Waals surface area contributed by atoms with E-state index in [-0.39, 0.29) is 30.3 Å². The maximum Gasteiger partial charge on any atom is 0.224 e. The zero-order chi connectivity index (χ0) is 14.5. The summed E-state index contributed by atoms with van der Waals surface area (Å²) in [5.41, 5.74) is 8.18. The molecule has 0 radical (unpaired) electrons. The van der Waals surface area contributed by atoms with Crippen LogP contribution >= 0.6 is 12.4 Å². The molecule has 21 heavy (non-hydrogen) atoms. The Balaban J connectivity index is 0.00000220. The van der Waals surface area contributed by atoms with Gasteiger partial charge in [0.1, 0.15) is 0 Å². The molecule has 2 unspecified atom stereocenters. The first-order valence-corrected chi connectivity index (χ1v) is 7.18. The molecule has 4 nitrogen and oxygen atoms in total. The van der Waals surface area contributed by atoms with Crippen LogP contribution < -0.4 is 11.1 Å². The van der Waals surface area contributed by atoms with Gasteiger partial charge in [-0.25, -0.2) is 0 Å². The molecule has 0 aliphatic rings. The summed E-state index contributed by atoms with van der Waals surface area (Å²) < 4.78 is 0. The van der Waals surface area contributed by atoms with Gasteiger partial charge in [-0.15, -0.1) is 12.4 Å². The Morgan fingerprint density at radius 3 is 2.76 bits per heavy atom. The van der Waals surface area contributed by atoms with E-state index in [1.807, 2.05) is 26.0 Å². The van der Waals surface area contributed by atoms with Crippen molar-refractivity contribution in [3.63, 3.8) is 0 Å². The van der Waals surface area contributed by atoms with E-state index in [0.29, 0.717) is 6.54 Å². The van der Waals surface area contributed by atoms with Crippen LogP contribution in [0.25, 0.3) is 10.9 Å². The van der Waals surface area contributed by atoms with Crippen molar-refractivity contribution in [2.45, 2.75) is 32.7 Å². The number of carbonyl (C=O) groups excluding carboxylic acids is 1. The average molecular weight is 310 g/mol. The molecular weight excluding hydrogens is 286 g/mol. The lowest BCUT2D eigenvalue weighted by Crippen LogP contribution is -2.39. The lowest BCUT2D eigenvalue weighted by atomic mass is 10.0. The normalized spacial score (nSPS) is 13.5. The van der Waals surface area contributed by atoms with E-state index < -0.39 is 0 Å². The molecular formula is C16H24ClN3O. The smallest absolute Gasteiger partial charge is 0.224 e. The lowest BCUT2D eigenvalue weighted by molar-refractivity contribution is -0.124. The largest absolute Gasteiger partial charge is 0.361 e. The van der Waals surface area contributed by atoms with Crippen LogP contribution in [0.1, 0.15) is 25.8 Å². The molecule has 0 bridgehead atoms. The van der Waals surface area contributed by atoms with E-state index in [9.17, 15) is 4.79 Å². The summed E-state index contributed by atoms with van der Waals surface area (Å²) in [6.45, 7) is 4.41. The lowest BCUT2D eigenvalue weighted by Gasteiger charge is -2.15. The predicted octanol–water partition coefficient (Wildman–Crippen LogP) is 2.62. The van der Waals surface area contributed by atoms with Crippen LogP contribution in [0.3, 0.4) is 0 Å². The fourth-order valence-corrected chi connectivity index (χ4v) is 2.23. The Bertz CT molecular complexity index is 580. The molecule has 1 aromatic carbocycles. The third-order valence-electron chi connectivity index (χ3n) is 3.80. The molecule has 1 aromatic heterocycles. The van der Waals surface area contributed by atoms with Gasteiger partial charge in [0.05, 0.1) is 0 Å². The highest BCUT2D eigenvalue weighted by molar-refractivity contribution is 5.85. The molecule has 116 valence electrons. The summed E-state index contributed by atoms with van der Waals surface area (Å²) in [6, 6.07) is 8.16. The molecule has 0 aliphatic carbocycles. The molecule has 2 aromatic rings. The zero-order valence-electron chi connectivity index (χ0n) is 12.6. The number of benzene rings is 1. The number of rotatable bonds is 6. The zero-order valence-corrected chi connectivity index (χ0v) is 13.4. The molecule has 0 aliphatic heterocycles. The minimum absolute atomic E-state index is 0. The van der Waals surface area contributed by atoms with Crippen LogP contribution in [0, 0.1) is 5.92 Å². The van der Waals surface area contributed by atoms with Gasteiger partial charge in [-0.2, -0.15) is 0 Å². The summed E-state index contributed by atoms with van der Waals surface area (Å²) in [4.78, 5) is 15.0. The second-order valence-electron chi connectivity index (χ2n) is 5.40. The van der Waals surface area contributed by atoms with Crippen molar-refractivity contribution in [2.24, 2.45) is 11.7 Å². The SMILES string of the molecule is CC(N)C(C)C(=O)NCCCc1c[nH]c2ccccc12.Cl. The molecule has 2 atom stereocenters. The summed E-state index contributed by atoms with van der Waals surface area (Å²) >= 11 is 0. The quantitative estimate of drug-likeness (QED) is 0.718. The number of nitrogens with one attached hydrogen (secondary N) is 2. The number of nitrogens with two attached hydrogens (primary N) is 1. The number of halogens is 1. The number of aromatic amines is 1. The maximum atomic E-state index is 11.8. The first-order valence-electron chi connectivity index (χ1n) is 7.18. The van der Waals surface area contributed by atoms with Gasteiger partial charge in [-0.1, -0.05) is 25.1 Å². The Morgan fingerprint density at radius 2 is 2.05 bits per heavy atom. The number of hydrogen-bond donors (Lipinski definition) is 3. The average Bonchev–Trinajstić information content (AvgIpc) is 2.85. The standard InChI is InChI=1S/C16H23N3O.ClH/c1-11(12(2)17)16(20)18-9-5-6-13-10-19-15-8-4-3-7-14(13)15;/h3-4,7-8,10-12,19H,5-6,9,17H2,1-2H3,(H,18,20);1H. The first-order chi connectivity index (χ1) is 9.59. The van der Waals surface area contributed by atoms with Crippen LogP contribution in [0.15, 0.2) is 30.5 Å². The van der Waals surface area contributed by atoms with Gasteiger partial charge in [-0.3, -0.25) is 4.79 Å². The Kier molecular flexibility index (Phi) is 6.72. The van der Waals surface area contributed by atoms with Gasteiger partial charge in [0.15, 0.2) is 0 Å². The van der Waals surface area contributed by atoms with Gasteiger partial charge in [0.25, 0.3) is 0 Å². The predicted molar refractivity (Wildman–Crippen MR) is 89.7 cm³/mol. The fraction of sp³-hybridized carbons (Fsp3) is 0.438. The van der Waals surface area contributed by atoms with Crippen molar-refractivity contribution in [1.29, 1.82) is 0 Å². The van der Waals surface area contributed by atoms with Crippen LogP contribution in [0.4, 0.5) is 0 Å². The Labute approximate surface area is 131 Å². The molecule has 5 heteroatoms. The van der Waals surface area contributed by atoms with Crippen molar-refractivity contribution >= 4 is 29.2 Å². The van der Waals surface area contributed by atoms with Gasteiger partial charge in [0.2, 0.25) is 5.91 Å². The van der Waals surface area contributed by atoms with E-state index >= 15 is 0 Å². The highest BCUT2D eigenvalue weighted by Gasteiger charge is 2.16. The van der Waals surface area contributed by atoms with E-state index in [1.165, 1.54) is 10.9 Å². The third kappa shape index (κ3) is 4.48. The minimum atomic E-state index is -0.136. The van der Waals surface area contributed by atoms with Crippen LogP contribution in [-0.2, 0) is 11.2 Å². The summed E-state index contributed by atoms with van der Waals surface area (Å²) in [6.07, 6.45) is 3.94. The number of fused-ring (bicyclic) bond motifs is 1. The van der Waals surface area contributed by atoms with E-state index in [1.54, 1.807) is 0 Å². The third-order valence-corrected chi connectivity index (χ3v) is 3.80. The van der Waals surface area contributed by atoms with Gasteiger partial charge in [-0.05, 0) is 31.4 Å². The van der Waals surface area contributed by atoms with Gasteiger partial charge < -0.3 is 16.0 Å². The number of hydrogen-bond acceptors (Lipinski definition) is 2. The van der Waals surface area contributed by atoms with Crippen molar-refractivity contribution in [1.82, 2.24) is 10.3 Å². The number of para-hydroxylation sites is 1. The Morgan fingerprint density at radius 1 is 1.33 bits per heavy atom. The van der Waals surface area contributed by atoms with Crippen molar-refractivity contribution in [3.8, 4) is 0 Å². The van der Waals surface area contributed by atoms with E-state index in [2.05, 4.69) is 28.6 Å². The van der Waals surface area contributed by atoms with Crippen molar-refractivity contribution in [3.05, 3.63) is 36.0 Å². The number of aryl methyl sites for hydroxylation is 1. The highest BCUT2D eigenvalue weighted by atomic mass is 35.5. The van der Waals surface area contributed by atoms with Gasteiger partial charge >= 0.3 is 0 Å². The highest BCUT2D eigenvalue weighted by Crippen LogP contribution is 2.18. The fourth-order valence-electron chi connectivity index (χ4n) is 2.23. The van der Waals surface area contributed by atoms with Crippen molar-refractivity contribution < 1.29 is 4.79 Å². The topological polar surface area (TPSA) is 70.9 Å². The molecule has 2 rings (SSSR count). The van der Waals surface area contributed by atoms with Crippen molar-refractivity contribution in [2.75, 3.05) is 6.54 Å². The Hall–Kier alpha value is -1.52. The second-order valence-corrected chi connectivity index (χ2v) is 5.40. The minimum Gasteiger partial charge on any atom is -0.361 e.